The van der Waals surface area contributed by atoms with Crippen molar-refractivity contribution in [2.45, 2.75) is 46.2 Å². The summed E-state index contributed by atoms with van der Waals surface area (Å²) < 4.78 is 13.1. The molecule has 0 radical (unpaired) electrons. The fourth-order valence-electron chi connectivity index (χ4n) is 5.20. The Kier molecular flexibility index (Phi) is 11.0. The third-order valence-electron chi connectivity index (χ3n) is 7.47. The van der Waals surface area contributed by atoms with Crippen molar-refractivity contribution in [3.05, 3.63) is 104 Å². The van der Waals surface area contributed by atoms with Gasteiger partial charge in [0.05, 0.1) is 31.7 Å². The Balaban J connectivity index is 1.50. The van der Waals surface area contributed by atoms with Crippen molar-refractivity contribution in [3.63, 3.8) is 0 Å². The lowest BCUT2D eigenvalue weighted by atomic mass is 10.1. The maximum atomic E-state index is 13.6. The van der Waals surface area contributed by atoms with E-state index in [1.807, 2.05) is 32.0 Å². The number of hydrogen-bond acceptors (Lipinski definition) is 6. The van der Waals surface area contributed by atoms with E-state index in [1.54, 1.807) is 67.7 Å². The molecule has 10 heteroatoms. The zero-order valence-electron chi connectivity index (χ0n) is 25.8. The predicted octanol–water partition coefficient (Wildman–Crippen LogP) is 3.85. The van der Waals surface area contributed by atoms with E-state index >= 15 is 0 Å². The van der Waals surface area contributed by atoms with E-state index in [1.165, 1.54) is 4.57 Å². The zero-order valence-corrected chi connectivity index (χ0v) is 25.8. The summed E-state index contributed by atoms with van der Waals surface area (Å²) in [5.74, 6) is 0.882. The number of fused-ring (bicyclic) bond motifs is 1. The minimum Gasteiger partial charge on any atom is -0.493 e. The van der Waals surface area contributed by atoms with Gasteiger partial charge < -0.3 is 19.7 Å². The van der Waals surface area contributed by atoms with Crippen molar-refractivity contribution >= 4 is 22.7 Å². The molecule has 10 nitrogen and oxygen atoms in total. The number of para-hydroxylation sites is 1. The average Bonchev–Trinajstić information content (AvgIpc) is 3.05. The minimum absolute atomic E-state index is 0.00548. The van der Waals surface area contributed by atoms with Crippen LogP contribution < -0.4 is 26.0 Å². The van der Waals surface area contributed by atoms with Crippen molar-refractivity contribution < 1.29 is 19.1 Å². The van der Waals surface area contributed by atoms with Crippen LogP contribution in [0.25, 0.3) is 10.9 Å². The van der Waals surface area contributed by atoms with Crippen LogP contribution in [0, 0.1) is 0 Å². The van der Waals surface area contributed by atoms with Gasteiger partial charge in [0.2, 0.25) is 5.91 Å². The lowest BCUT2D eigenvalue weighted by Crippen LogP contribution is -2.44. The smallest absolute Gasteiger partial charge is 0.332 e. The summed E-state index contributed by atoms with van der Waals surface area (Å²) in [5, 5.41) is 3.28. The number of nitrogens with zero attached hydrogens (tertiary/aromatic N) is 3. The Morgan fingerprint density at radius 3 is 2.14 bits per heavy atom. The number of nitrogens with one attached hydrogen (secondary N) is 1. The highest BCUT2D eigenvalue weighted by molar-refractivity contribution is 5.94. The van der Waals surface area contributed by atoms with Gasteiger partial charge >= 0.3 is 5.69 Å². The van der Waals surface area contributed by atoms with Gasteiger partial charge in [0, 0.05) is 25.2 Å². The Bertz CT molecular complexity index is 1720. The second kappa shape index (κ2) is 15.0. The first-order valence-corrected chi connectivity index (χ1v) is 14.9. The van der Waals surface area contributed by atoms with E-state index in [2.05, 4.69) is 5.32 Å². The molecule has 0 spiro atoms. The average molecular weight is 601 g/mol. The first kappa shape index (κ1) is 32.1. The third kappa shape index (κ3) is 7.37. The normalized spacial score (nSPS) is 10.9. The SMILES string of the molecule is CCCN(CCC)C(=O)Cn1c(=O)n(Cc2ccc(C(=O)NCCc3ccc(OC)c(OC)c3)cc2)c(=O)c2ccccc21. The molecule has 1 heterocycles. The Labute approximate surface area is 256 Å². The van der Waals surface area contributed by atoms with Crippen LogP contribution in [-0.4, -0.2) is 59.7 Å². The number of methoxy groups -OCH3 is 2. The van der Waals surface area contributed by atoms with Crippen molar-refractivity contribution in [1.82, 2.24) is 19.4 Å². The van der Waals surface area contributed by atoms with Crippen molar-refractivity contribution in [1.29, 1.82) is 0 Å². The molecule has 0 unspecified atom stereocenters. The number of ether oxygens (including phenoxy) is 2. The van der Waals surface area contributed by atoms with Crippen LogP contribution in [0.3, 0.4) is 0 Å². The second-order valence-electron chi connectivity index (χ2n) is 10.6. The van der Waals surface area contributed by atoms with Crippen LogP contribution in [-0.2, 0) is 24.3 Å². The summed E-state index contributed by atoms with van der Waals surface area (Å²) in [6.07, 6.45) is 2.23. The molecule has 0 saturated carbocycles. The molecule has 0 aliphatic heterocycles. The van der Waals surface area contributed by atoms with Crippen LogP contribution in [0.15, 0.2) is 76.3 Å². The van der Waals surface area contributed by atoms with E-state index in [0.717, 1.165) is 23.0 Å². The molecule has 4 aromatic rings. The summed E-state index contributed by atoms with van der Waals surface area (Å²) in [6.45, 7) is 5.51. The highest BCUT2D eigenvalue weighted by atomic mass is 16.5. The van der Waals surface area contributed by atoms with E-state index in [0.29, 0.717) is 59.6 Å². The van der Waals surface area contributed by atoms with Crippen LogP contribution in [0.4, 0.5) is 0 Å². The molecular weight excluding hydrogens is 560 g/mol. The number of rotatable bonds is 14. The summed E-state index contributed by atoms with van der Waals surface area (Å²) in [5.41, 5.74) is 1.59. The molecular formula is C34H40N4O6. The summed E-state index contributed by atoms with van der Waals surface area (Å²) in [4.78, 5) is 54.8. The molecule has 0 fully saturated rings. The van der Waals surface area contributed by atoms with Gasteiger partial charge in [0.15, 0.2) is 11.5 Å². The van der Waals surface area contributed by atoms with E-state index < -0.39 is 11.2 Å². The molecule has 0 atom stereocenters. The Morgan fingerprint density at radius 1 is 0.818 bits per heavy atom. The van der Waals surface area contributed by atoms with Gasteiger partial charge in [-0.25, -0.2) is 4.79 Å². The van der Waals surface area contributed by atoms with Crippen LogP contribution in [0.5, 0.6) is 11.5 Å². The first-order chi connectivity index (χ1) is 21.3. The molecule has 0 bridgehead atoms. The number of carbonyl (C=O) groups excluding carboxylic acids is 2. The number of carbonyl (C=O) groups is 2. The van der Waals surface area contributed by atoms with Gasteiger partial charge in [-0.15, -0.1) is 0 Å². The molecule has 1 aromatic heterocycles. The molecule has 44 heavy (non-hydrogen) atoms. The number of hydrogen-bond donors (Lipinski definition) is 1. The molecule has 0 saturated heterocycles. The molecule has 3 aromatic carbocycles. The Hall–Kier alpha value is -4.86. The van der Waals surface area contributed by atoms with Gasteiger partial charge in [-0.2, -0.15) is 0 Å². The van der Waals surface area contributed by atoms with Crippen LogP contribution >= 0.6 is 0 Å². The topological polar surface area (TPSA) is 112 Å². The van der Waals surface area contributed by atoms with Gasteiger partial charge in [0.25, 0.3) is 11.5 Å². The van der Waals surface area contributed by atoms with Gasteiger partial charge in [-0.1, -0.05) is 44.2 Å². The lowest BCUT2D eigenvalue weighted by molar-refractivity contribution is -0.131. The van der Waals surface area contributed by atoms with Gasteiger partial charge in [-0.05, 0) is 66.8 Å². The third-order valence-corrected chi connectivity index (χ3v) is 7.47. The number of amides is 2. The number of aromatic nitrogens is 2. The molecule has 4 rings (SSSR count). The molecule has 0 aliphatic carbocycles. The van der Waals surface area contributed by atoms with Gasteiger partial charge in [0.1, 0.15) is 6.54 Å². The maximum absolute atomic E-state index is 13.6. The lowest BCUT2D eigenvalue weighted by Gasteiger charge is -2.22. The minimum atomic E-state index is -0.549. The van der Waals surface area contributed by atoms with E-state index in [4.69, 9.17) is 9.47 Å². The molecule has 0 aliphatic rings. The summed E-state index contributed by atoms with van der Waals surface area (Å²) in [7, 11) is 3.16. The van der Waals surface area contributed by atoms with Crippen molar-refractivity contribution in [2.24, 2.45) is 0 Å². The van der Waals surface area contributed by atoms with E-state index in [9.17, 15) is 19.2 Å². The summed E-state index contributed by atoms with van der Waals surface area (Å²) in [6, 6.07) is 19.3. The highest BCUT2D eigenvalue weighted by Crippen LogP contribution is 2.27. The molecule has 2 amide bonds. The van der Waals surface area contributed by atoms with Crippen molar-refractivity contribution in [2.75, 3.05) is 33.9 Å². The summed E-state index contributed by atoms with van der Waals surface area (Å²) >= 11 is 0. The predicted molar refractivity (Wildman–Crippen MR) is 171 cm³/mol. The standard InChI is InChI=1S/C34H40N4O6/c1-5-19-36(20-6-2)31(39)23-37-28-10-8-7-9-27(28)33(41)38(34(37)42)22-25-11-14-26(15-12-25)32(40)35-18-17-24-13-16-29(43-3)30(21-24)44-4/h7-16,21H,5-6,17-20,22-23H2,1-4H3,(H,35,40). The molecule has 232 valence electrons. The highest BCUT2D eigenvalue weighted by Gasteiger charge is 2.19. The largest absolute Gasteiger partial charge is 0.493 e. The number of benzene rings is 3. The molecule has 1 N–H and O–H groups in total. The first-order valence-electron chi connectivity index (χ1n) is 14.9. The van der Waals surface area contributed by atoms with Gasteiger partial charge in [-0.3, -0.25) is 23.5 Å². The van der Waals surface area contributed by atoms with Crippen LogP contribution in [0.1, 0.15) is 48.2 Å². The fourth-order valence-corrected chi connectivity index (χ4v) is 5.20. The van der Waals surface area contributed by atoms with Crippen LogP contribution in [0.2, 0.25) is 0 Å². The maximum Gasteiger partial charge on any atom is 0.332 e. The zero-order chi connectivity index (χ0) is 31.6. The van der Waals surface area contributed by atoms with Crippen molar-refractivity contribution in [3.8, 4) is 11.5 Å². The Morgan fingerprint density at radius 2 is 1.48 bits per heavy atom. The quantitative estimate of drug-likeness (QED) is 0.235. The monoisotopic (exact) mass is 600 g/mol. The van der Waals surface area contributed by atoms with E-state index in [-0.39, 0.29) is 24.9 Å². The fraction of sp³-hybridized carbons (Fsp3) is 0.353. The second-order valence-corrected chi connectivity index (χ2v) is 10.6.